The predicted octanol–water partition coefficient (Wildman–Crippen LogP) is 3.05. The van der Waals surface area contributed by atoms with Crippen molar-refractivity contribution < 1.29 is 22.6 Å². The molecule has 1 amide bonds. The molecule has 162 valence electrons. The number of nitrogens with two attached hydrogens (primary N) is 1. The minimum absolute atomic E-state index is 0.141. The van der Waals surface area contributed by atoms with E-state index in [0.717, 1.165) is 12.1 Å². The van der Waals surface area contributed by atoms with E-state index in [4.69, 9.17) is 5.73 Å². The second-order valence-electron chi connectivity index (χ2n) is 8.15. The number of para-hydroxylation sites is 1. The van der Waals surface area contributed by atoms with Crippen LogP contribution in [0.3, 0.4) is 0 Å². The predicted molar refractivity (Wildman–Crippen MR) is 111 cm³/mol. The van der Waals surface area contributed by atoms with Gasteiger partial charge in [-0.1, -0.05) is 12.1 Å². The van der Waals surface area contributed by atoms with Crippen molar-refractivity contribution >= 4 is 28.4 Å². The van der Waals surface area contributed by atoms with E-state index in [9.17, 15) is 18.0 Å². The Morgan fingerprint density at radius 2 is 1.78 bits per heavy atom. The highest BCUT2D eigenvalue weighted by molar-refractivity contribution is 6.06. The third kappa shape index (κ3) is 2.83. The number of aromatic amines is 1. The first-order valence-electron chi connectivity index (χ1n) is 9.82. The summed E-state index contributed by atoms with van der Waals surface area (Å²) >= 11 is 0. The monoisotopic (exact) mass is 439 g/mol. The Hall–Kier alpha value is -3.95. The van der Waals surface area contributed by atoms with Crippen molar-refractivity contribution in [1.82, 2.24) is 15.1 Å². The third-order valence-corrected chi connectivity index (χ3v) is 5.76. The Balaban J connectivity index is 1.67. The number of carbonyl (C=O) groups excluding carboxylic acids is 1. The van der Waals surface area contributed by atoms with Gasteiger partial charge in [0.2, 0.25) is 17.5 Å². The van der Waals surface area contributed by atoms with Crippen LogP contribution in [-0.2, 0) is 16.6 Å². The lowest BCUT2D eigenvalue weighted by atomic mass is 9.87. The van der Waals surface area contributed by atoms with Gasteiger partial charge in [0.1, 0.15) is 11.3 Å². The number of carbonyl (C=O) groups is 1. The Morgan fingerprint density at radius 1 is 1.06 bits per heavy atom. The smallest absolute Gasteiger partial charge is 0.369 e. The molecular weight excluding hydrogens is 421 g/mol. The van der Waals surface area contributed by atoms with Crippen molar-refractivity contribution in [2.75, 3.05) is 11.1 Å². The summed E-state index contributed by atoms with van der Waals surface area (Å²) in [6, 6.07) is 8.71. The highest BCUT2D eigenvalue weighted by Crippen LogP contribution is 2.39. The summed E-state index contributed by atoms with van der Waals surface area (Å²) in [5.41, 5.74) is 6.44. The molecule has 1 aliphatic rings. The highest BCUT2D eigenvalue weighted by Gasteiger charge is 2.45. The molecule has 4 N–H and O–H groups in total. The standard InChI is InChI=1S/C22H17F3N6O/c1-22(2)16-18(26)27-21(29-19(16)28-20(22)32)31-15-6-4-3-5-10(15)14(30-31)9-11-12(23)7-8-13(24)17(11)25/h3-8H,9H2,1-2H3,(H3,26,27,28,29,32)/p+1. The van der Waals surface area contributed by atoms with E-state index >= 15 is 0 Å². The fourth-order valence-electron chi connectivity index (χ4n) is 4.03. The summed E-state index contributed by atoms with van der Waals surface area (Å²) in [6.45, 7) is 3.45. The summed E-state index contributed by atoms with van der Waals surface area (Å²) < 4.78 is 43.7. The zero-order valence-corrected chi connectivity index (χ0v) is 17.1. The summed E-state index contributed by atoms with van der Waals surface area (Å²) in [7, 11) is 0. The molecule has 10 heteroatoms. The quantitative estimate of drug-likeness (QED) is 0.337. The number of aromatic nitrogens is 4. The number of H-pyrrole nitrogens is 1. The van der Waals surface area contributed by atoms with Gasteiger partial charge in [-0.2, -0.15) is 0 Å². The number of benzene rings is 2. The van der Waals surface area contributed by atoms with Crippen LogP contribution in [-0.4, -0.2) is 21.0 Å². The van der Waals surface area contributed by atoms with Crippen LogP contribution in [0.5, 0.6) is 0 Å². The number of fused-ring (bicyclic) bond motifs is 2. The number of rotatable bonds is 3. The van der Waals surface area contributed by atoms with Gasteiger partial charge < -0.3 is 5.73 Å². The molecule has 32 heavy (non-hydrogen) atoms. The van der Waals surface area contributed by atoms with Crippen LogP contribution in [0.1, 0.15) is 30.7 Å². The van der Waals surface area contributed by atoms with Gasteiger partial charge in [0.25, 0.3) is 0 Å². The maximum Gasteiger partial charge on any atom is 0.459 e. The molecule has 0 bridgehead atoms. The van der Waals surface area contributed by atoms with Crippen LogP contribution in [0.15, 0.2) is 36.4 Å². The van der Waals surface area contributed by atoms with Gasteiger partial charge in [-0.25, -0.2) is 18.3 Å². The van der Waals surface area contributed by atoms with Crippen LogP contribution in [0.4, 0.5) is 24.8 Å². The lowest BCUT2D eigenvalue weighted by Crippen LogP contribution is -2.36. The van der Waals surface area contributed by atoms with Gasteiger partial charge in [-0.15, -0.1) is 4.68 Å². The van der Waals surface area contributed by atoms with E-state index < -0.39 is 28.4 Å². The van der Waals surface area contributed by atoms with Crippen molar-refractivity contribution in [1.29, 1.82) is 0 Å². The second kappa shape index (κ2) is 6.78. The maximum absolute atomic E-state index is 14.3. The van der Waals surface area contributed by atoms with Gasteiger partial charge in [-0.3, -0.25) is 10.1 Å². The molecule has 1 aliphatic heterocycles. The number of anilines is 2. The van der Waals surface area contributed by atoms with E-state index in [-0.39, 0.29) is 24.1 Å². The van der Waals surface area contributed by atoms with Gasteiger partial charge >= 0.3 is 5.95 Å². The number of nitrogens with zero attached hydrogens (tertiary/aromatic N) is 3. The molecule has 0 fully saturated rings. The first-order chi connectivity index (χ1) is 15.2. The summed E-state index contributed by atoms with van der Waals surface area (Å²) in [4.78, 5) is 21.1. The molecule has 0 saturated carbocycles. The van der Waals surface area contributed by atoms with E-state index in [1.807, 2.05) is 0 Å². The van der Waals surface area contributed by atoms with E-state index in [0.29, 0.717) is 28.0 Å². The van der Waals surface area contributed by atoms with Crippen LogP contribution in [0.2, 0.25) is 0 Å². The topological polar surface area (TPSA) is 101 Å². The molecule has 2 aromatic heterocycles. The lowest BCUT2D eigenvalue weighted by Gasteiger charge is -2.13. The molecule has 3 heterocycles. The molecule has 0 radical (unpaired) electrons. The zero-order valence-electron chi connectivity index (χ0n) is 17.1. The molecule has 0 aliphatic carbocycles. The number of nitrogen functional groups attached to an aromatic ring is 1. The fraction of sp³-hybridized carbons (Fsp3) is 0.182. The average Bonchev–Trinajstić information content (AvgIpc) is 3.22. The molecule has 0 spiro atoms. The largest absolute Gasteiger partial charge is 0.459 e. The van der Waals surface area contributed by atoms with Crippen molar-refractivity contribution in [3.63, 3.8) is 0 Å². The van der Waals surface area contributed by atoms with Crippen molar-refractivity contribution in [3.8, 4) is 5.95 Å². The van der Waals surface area contributed by atoms with Crippen LogP contribution in [0.25, 0.3) is 16.9 Å². The van der Waals surface area contributed by atoms with Crippen LogP contribution < -0.4 is 15.7 Å². The molecule has 0 unspecified atom stereocenters. The Labute approximate surface area is 180 Å². The zero-order chi connectivity index (χ0) is 22.8. The number of amides is 1. The Morgan fingerprint density at radius 3 is 2.56 bits per heavy atom. The summed E-state index contributed by atoms with van der Waals surface area (Å²) in [5.74, 6) is -2.87. The first kappa shape index (κ1) is 20.0. The molecule has 4 aromatic rings. The molecule has 0 atom stereocenters. The fourth-order valence-corrected chi connectivity index (χ4v) is 4.03. The Bertz CT molecular complexity index is 1430. The average molecular weight is 439 g/mol. The normalized spacial score (nSPS) is 14.6. The highest BCUT2D eigenvalue weighted by atomic mass is 19.2. The number of halogens is 3. The summed E-state index contributed by atoms with van der Waals surface area (Å²) in [5, 5.41) is 6.40. The van der Waals surface area contributed by atoms with Gasteiger partial charge in [-0.05, 0) is 48.1 Å². The van der Waals surface area contributed by atoms with Crippen molar-refractivity contribution in [2.45, 2.75) is 25.7 Å². The van der Waals surface area contributed by atoms with Gasteiger partial charge in [0.15, 0.2) is 11.6 Å². The third-order valence-electron chi connectivity index (χ3n) is 5.76. The maximum atomic E-state index is 14.3. The molecule has 0 saturated heterocycles. The van der Waals surface area contributed by atoms with Crippen molar-refractivity contribution in [2.24, 2.45) is 0 Å². The van der Waals surface area contributed by atoms with Gasteiger partial charge in [0, 0.05) is 17.4 Å². The minimum atomic E-state index is -1.24. The lowest BCUT2D eigenvalue weighted by molar-refractivity contribution is -0.637. The molecule has 2 aromatic carbocycles. The van der Waals surface area contributed by atoms with Crippen molar-refractivity contribution in [3.05, 3.63) is 70.7 Å². The van der Waals surface area contributed by atoms with E-state index in [2.05, 4.69) is 20.4 Å². The van der Waals surface area contributed by atoms with E-state index in [1.54, 1.807) is 38.1 Å². The number of hydrogen-bond donors (Lipinski definition) is 3. The first-order valence-corrected chi connectivity index (χ1v) is 9.82. The SMILES string of the molecule is CC1(C)C(=O)Nc2nc(-[n+]3[nH]c(Cc4c(F)ccc(F)c4F)c4ccccc43)nc(N)c21. The number of nitrogens with one attached hydrogen (secondary N) is 2. The Kier molecular flexibility index (Phi) is 4.23. The van der Waals surface area contributed by atoms with Crippen LogP contribution in [0, 0.1) is 17.5 Å². The van der Waals surface area contributed by atoms with E-state index in [1.165, 1.54) is 4.68 Å². The molecule has 7 nitrogen and oxygen atoms in total. The van der Waals surface area contributed by atoms with Crippen LogP contribution >= 0.6 is 0 Å². The number of hydrogen-bond acceptors (Lipinski definition) is 4. The second-order valence-corrected chi connectivity index (χ2v) is 8.15. The minimum Gasteiger partial charge on any atom is -0.369 e. The molecular formula is C22H18F3N6O+. The summed E-state index contributed by atoms with van der Waals surface area (Å²) in [6.07, 6.45) is -0.229. The van der Waals surface area contributed by atoms with Gasteiger partial charge in [0.05, 0.1) is 16.7 Å². The molecule has 5 rings (SSSR count).